The topological polar surface area (TPSA) is 24.9 Å². The van der Waals surface area contributed by atoms with Crippen LogP contribution in [-0.2, 0) is 0 Å². The predicted octanol–water partition coefficient (Wildman–Crippen LogP) is 7.12. The van der Waals surface area contributed by atoms with Crippen LogP contribution in [0.2, 0.25) is 0 Å². The monoisotopic (exact) mass is 346 g/mol. The van der Waals surface area contributed by atoms with Crippen LogP contribution >= 0.6 is 0 Å². The van der Waals surface area contributed by atoms with Gasteiger partial charge in [0.05, 0.1) is 0 Å². The molecule has 3 aromatic rings. The van der Waals surface area contributed by atoms with Gasteiger partial charge in [-0.25, -0.2) is 4.98 Å². The summed E-state index contributed by atoms with van der Waals surface area (Å²) in [5, 5.41) is 6.18. The van der Waals surface area contributed by atoms with Crippen LogP contribution in [0.1, 0.15) is 60.6 Å². The summed E-state index contributed by atoms with van der Waals surface area (Å²) in [6, 6.07) is 13.3. The van der Waals surface area contributed by atoms with Crippen molar-refractivity contribution in [3.8, 4) is 0 Å². The normalized spacial score (nSPS) is 11.3. The second-order valence-electron chi connectivity index (χ2n) is 7.47. The van der Waals surface area contributed by atoms with Crippen LogP contribution in [0.4, 0.5) is 11.5 Å². The third-order valence-corrected chi connectivity index (χ3v) is 5.38. The molecular formula is C24H30N2. The van der Waals surface area contributed by atoms with Crippen LogP contribution in [0.25, 0.3) is 10.8 Å². The summed E-state index contributed by atoms with van der Waals surface area (Å²) in [5.41, 5.74) is 7.48. The number of aryl methyl sites for hydroxylation is 4. The average molecular weight is 347 g/mol. The summed E-state index contributed by atoms with van der Waals surface area (Å²) in [4.78, 5) is 4.84. The third-order valence-electron chi connectivity index (χ3n) is 5.38. The van der Waals surface area contributed by atoms with E-state index < -0.39 is 0 Å². The highest BCUT2D eigenvalue weighted by Crippen LogP contribution is 2.35. The standard InChI is InChI=1S/C24H30N2/c1-7-19(8-2)20-10-9-11-21-22(20)14-18(6)25-24(21)26-23-16(4)12-15(3)13-17(23)5/h9-14,19H,7-8H2,1-6H3,(H,25,26). The van der Waals surface area contributed by atoms with E-state index in [4.69, 9.17) is 4.98 Å². The highest BCUT2D eigenvalue weighted by atomic mass is 15.0. The number of rotatable bonds is 5. The zero-order valence-corrected chi connectivity index (χ0v) is 16.9. The second-order valence-corrected chi connectivity index (χ2v) is 7.47. The van der Waals surface area contributed by atoms with Gasteiger partial charge in [-0.05, 0) is 74.6 Å². The number of hydrogen-bond donors (Lipinski definition) is 1. The van der Waals surface area contributed by atoms with Gasteiger partial charge in [0.25, 0.3) is 0 Å². The molecule has 0 saturated carbocycles. The van der Waals surface area contributed by atoms with Crippen molar-refractivity contribution in [1.82, 2.24) is 4.98 Å². The van der Waals surface area contributed by atoms with E-state index >= 15 is 0 Å². The molecule has 1 N–H and O–H groups in total. The number of fused-ring (bicyclic) bond motifs is 1. The lowest BCUT2D eigenvalue weighted by Crippen LogP contribution is -2.03. The van der Waals surface area contributed by atoms with Crippen LogP contribution < -0.4 is 5.32 Å². The lowest BCUT2D eigenvalue weighted by atomic mass is 9.90. The molecule has 1 aromatic heterocycles. The fourth-order valence-electron chi connectivity index (χ4n) is 4.10. The fraction of sp³-hybridized carbons (Fsp3) is 0.375. The molecule has 2 heteroatoms. The Kier molecular flexibility index (Phi) is 5.31. The van der Waals surface area contributed by atoms with Crippen LogP contribution in [0, 0.1) is 27.7 Å². The molecule has 2 nitrogen and oxygen atoms in total. The van der Waals surface area contributed by atoms with Gasteiger partial charge in [-0.15, -0.1) is 0 Å². The number of nitrogens with one attached hydrogen (secondary N) is 1. The van der Waals surface area contributed by atoms with Gasteiger partial charge in [0, 0.05) is 16.8 Å². The first-order valence-electron chi connectivity index (χ1n) is 9.69. The average Bonchev–Trinajstić information content (AvgIpc) is 2.59. The minimum absolute atomic E-state index is 0.594. The number of nitrogens with zero attached hydrogens (tertiary/aromatic N) is 1. The van der Waals surface area contributed by atoms with E-state index in [-0.39, 0.29) is 0 Å². The molecule has 0 bridgehead atoms. The number of anilines is 2. The molecule has 0 amide bonds. The van der Waals surface area contributed by atoms with Crippen LogP contribution in [0.5, 0.6) is 0 Å². The molecule has 26 heavy (non-hydrogen) atoms. The Morgan fingerprint density at radius 1 is 0.885 bits per heavy atom. The first-order valence-corrected chi connectivity index (χ1v) is 9.69. The Labute approximate surface area is 157 Å². The van der Waals surface area contributed by atoms with Gasteiger partial charge >= 0.3 is 0 Å². The minimum Gasteiger partial charge on any atom is -0.339 e. The molecule has 2 aromatic carbocycles. The molecule has 0 radical (unpaired) electrons. The first kappa shape index (κ1) is 18.4. The van der Waals surface area contributed by atoms with E-state index in [0.717, 1.165) is 24.4 Å². The highest BCUT2D eigenvalue weighted by Gasteiger charge is 2.15. The Morgan fingerprint density at radius 3 is 2.15 bits per heavy atom. The molecule has 136 valence electrons. The lowest BCUT2D eigenvalue weighted by Gasteiger charge is -2.19. The van der Waals surface area contributed by atoms with Crippen molar-refractivity contribution in [3.63, 3.8) is 0 Å². The van der Waals surface area contributed by atoms with E-state index in [1.165, 1.54) is 38.7 Å². The van der Waals surface area contributed by atoms with Crippen LogP contribution in [0.3, 0.4) is 0 Å². The summed E-state index contributed by atoms with van der Waals surface area (Å²) in [6.07, 6.45) is 2.33. The van der Waals surface area contributed by atoms with Gasteiger partial charge in [-0.1, -0.05) is 49.7 Å². The minimum atomic E-state index is 0.594. The molecule has 0 unspecified atom stereocenters. The Balaban J connectivity index is 2.17. The number of aromatic nitrogens is 1. The van der Waals surface area contributed by atoms with Gasteiger partial charge in [0.1, 0.15) is 5.82 Å². The molecule has 0 spiro atoms. The van der Waals surface area contributed by atoms with Crippen LogP contribution in [-0.4, -0.2) is 4.98 Å². The molecule has 0 saturated heterocycles. The third kappa shape index (κ3) is 3.46. The molecule has 0 aliphatic heterocycles. The molecule has 0 aliphatic rings. The van der Waals surface area contributed by atoms with Gasteiger partial charge in [-0.2, -0.15) is 0 Å². The first-order chi connectivity index (χ1) is 12.4. The van der Waals surface area contributed by atoms with Gasteiger partial charge in [0.15, 0.2) is 0 Å². The zero-order valence-electron chi connectivity index (χ0n) is 16.9. The Morgan fingerprint density at radius 2 is 1.54 bits per heavy atom. The van der Waals surface area contributed by atoms with Crippen molar-refractivity contribution in [3.05, 3.63) is 64.3 Å². The van der Waals surface area contributed by atoms with Crippen molar-refractivity contribution in [2.24, 2.45) is 0 Å². The van der Waals surface area contributed by atoms with E-state index in [1.54, 1.807) is 0 Å². The van der Waals surface area contributed by atoms with Crippen molar-refractivity contribution in [1.29, 1.82) is 0 Å². The summed E-state index contributed by atoms with van der Waals surface area (Å²) in [6.45, 7) is 13.1. The quantitative estimate of drug-likeness (QED) is 0.532. The second kappa shape index (κ2) is 7.49. The zero-order chi connectivity index (χ0) is 18.8. The van der Waals surface area contributed by atoms with Crippen molar-refractivity contribution in [2.75, 3.05) is 5.32 Å². The molecular weight excluding hydrogens is 316 g/mol. The molecule has 0 atom stereocenters. The van der Waals surface area contributed by atoms with E-state index in [2.05, 4.69) is 83.3 Å². The van der Waals surface area contributed by atoms with Crippen molar-refractivity contribution < 1.29 is 0 Å². The predicted molar refractivity (Wildman–Crippen MR) is 114 cm³/mol. The molecule has 1 heterocycles. The molecule has 3 rings (SSSR count). The van der Waals surface area contributed by atoms with Crippen molar-refractivity contribution in [2.45, 2.75) is 60.3 Å². The number of hydrogen-bond acceptors (Lipinski definition) is 2. The van der Waals surface area contributed by atoms with Crippen molar-refractivity contribution >= 4 is 22.3 Å². The summed E-state index contributed by atoms with van der Waals surface area (Å²) < 4.78 is 0. The maximum Gasteiger partial charge on any atom is 0.138 e. The maximum atomic E-state index is 4.84. The lowest BCUT2D eigenvalue weighted by molar-refractivity contribution is 0.646. The summed E-state index contributed by atoms with van der Waals surface area (Å²) in [5.74, 6) is 1.55. The largest absolute Gasteiger partial charge is 0.339 e. The Hall–Kier alpha value is -2.35. The summed E-state index contributed by atoms with van der Waals surface area (Å²) in [7, 11) is 0. The van der Waals surface area contributed by atoms with Crippen LogP contribution in [0.15, 0.2) is 36.4 Å². The molecule has 0 fully saturated rings. The van der Waals surface area contributed by atoms with E-state index in [9.17, 15) is 0 Å². The van der Waals surface area contributed by atoms with E-state index in [1.807, 2.05) is 0 Å². The maximum absolute atomic E-state index is 4.84. The van der Waals surface area contributed by atoms with E-state index in [0.29, 0.717) is 5.92 Å². The molecule has 0 aliphatic carbocycles. The van der Waals surface area contributed by atoms with Gasteiger partial charge in [0.2, 0.25) is 0 Å². The Bertz CT molecular complexity index is 913. The van der Waals surface area contributed by atoms with Gasteiger partial charge < -0.3 is 5.32 Å². The fourth-order valence-corrected chi connectivity index (χ4v) is 4.10. The summed E-state index contributed by atoms with van der Waals surface area (Å²) >= 11 is 0. The smallest absolute Gasteiger partial charge is 0.138 e. The number of benzene rings is 2. The number of pyridine rings is 1. The SMILES string of the molecule is CCC(CC)c1cccc2c(Nc3c(C)cc(C)cc3C)nc(C)cc12. The van der Waals surface area contributed by atoms with Gasteiger partial charge in [-0.3, -0.25) is 0 Å². The highest BCUT2D eigenvalue weighted by molar-refractivity contribution is 5.96.